The van der Waals surface area contributed by atoms with Crippen LogP contribution < -0.4 is 10.1 Å². The van der Waals surface area contributed by atoms with E-state index < -0.39 is 24.4 Å². The van der Waals surface area contributed by atoms with E-state index in [1.807, 2.05) is 0 Å². The molecule has 1 heterocycles. The summed E-state index contributed by atoms with van der Waals surface area (Å²) in [5, 5.41) is 2.27. The lowest BCUT2D eigenvalue weighted by molar-refractivity contribution is -0.141. The van der Waals surface area contributed by atoms with Crippen LogP contribution in [0.25, 0.3) is 0 Å². The SMILES string of the molecule is O=C(Nc1ccccc1OC(F)F)c1ccc(C(F)(F)F)nc1. The number of alkyl halides is 5. The van der Waals surface area contributed by atoms with Gasteiger partial charge < -0.3 is 10.1 Å². The van der Waals surface area contributed by atoms with Crippen molar-refractivity contribution in [1.29, 1.82) is 0 Å². The number of halogens is 5. The molecular weight excluding hydrogens is 323 g/mol. The van der Waals surface area contributed by atoms with Crippen molar-refractivity contribution in [2.75, 3.05) is 5.32 Å². The number of para-hydroxylation sites is 2. The van der Waals surface area contributed by atoms with Crippen LogP contribution in [0.4, 0.5) is 27.6 Å². The van der Waals surface area contributed by atoms with Crippen LogP contribution in [0.5, 0.6) is 5.75 Å². The number of rotatable bonds is 4. The number of carbonyl (C=O) groups is 1. The monoisotopic (exact) mass is 332 g/mol. The summed E-state index contributed by atoms with van der Waals surface area (Å²) in [5.74, 6) is -1.08. The lowest BCUT2D eigenvalue weighted by Crippen LogP contribution is -2.15. The lowest BCUT2D eigenvalue weighted by Gasteiger charge is -2.12. The van der Waals surface area contributed by atoms with Crippen LogP contribution in [0.2, 0.25) is 0 Å². The molecule has 0 unspecified atom stereocenters. The quantitative estimate of drug-likeness (QED) is 0.863. The first kappa shape index (κ1) is 16.7. The predicted octanol–water partition coefficient (Wildman–Crippen LogP) is 3.95. The zero-order valence-electron chi connectivity index (χ0n) is 11.3. The second-order valence-corrected chi connectivity index (χ2v) is 4.26. The van der Waals surface area contributed by atoms with E-state index in [0.29, 0.717) is 6.07 Å². The summed E-state index contributed by atoms with van der Waals surface area (Å²) in [7, 11) is 0. The molecule has 0 aliphatic rings. The minimum Gasteiger partial charge on any atom is -0.433 e. The number of anilines is 1. The summed E-state index contributed by atoms with van der Waals surface area (Å²) in [6, 6.07) is 7.00. The number of nitrogens with one attached hydrogen (secondary N) is 1. The normalized spacial score (nSPS) is 11.4. The van der Waals surface area contributed by atoms with E-state index in [4.69, 9.17) is 0 Å². The zero-order valence-corrected chi connectivity index (χ0v) is 11.3. The fourth-order valence-corrected chi connectivity index (χ4v) is 1.66. The fourth-order valence-electron chi connectivity index (χ4n) is 1.66. The van der Waals surface area contributed by atoms with Crippen LogP contribution in [0.1, 0.15) is 16.1 Å². The molecule has 122 valence electrons. The highest BCUT2D eigenvalue weighted by Gasteiger charge is 2.32. The van der Waals surface area contributed by atoms with Crippen molar-refractivity contribution < 1.29 is 31.5 Å². The highest BCUT2D eigenvalue weighted by atomic mass is 19.4. The molecule has 1 aromatic carbocycles. The first-order valence-corrected chi connectivity index (χ1v) is 6.16. The van der Waals surface area contributed by atoms with Gasteiger partial charge in [-0.05, 0) is 24.3 Å². The van der Waals surface area contributed by atoms with Gasteiger partial charge in [0.15, 0.2) is 0 Å². The molecule has 0 aliphatic carbocycles. The number of nitrogens with zero attached hydrogens (tertiary/aromatic N) is 1. The smallest absolute Gasteiger partial charge is 0.433 e. The van der Waals surface area contributed by atoms with Crippen molar-refractivity contribution in [1.82, 2.24) is 4.98 Å². The Bertz CT molecular complexity index is 686. The molecule has 1 amide bonds. The summed E-state index contributed by atoms with van der Waals surface area (Å²) in [6.07, 6.45) is -3.87. The maximum absolute atomic E-state index is 12.4. The van der Waals surface area contributed by atoms with Crippen LogP contribution in [0.15, 0.2) is 42.6 Å². The third-order valence-corrected chi connectivity index (χ3v) is 2.67. The number of amides is 1. The third-order valence-electron chi connectivity index (χ3n) is 2.67. The number of hydrogen-bond acceptors (Lipinski definition) is 3. The van der Waals surface area contributed by atoms with Gasteiger partial charge in [-0.2, -0.15) is 22.0 Å². The van der Waals surface area contributed by atoms with E-state index in [1.165, 1.54) is 24.3 Å². The molecule has 4 nitrogen and oxygen atoms in total. The van der Waals surface area contributed by atoms with E-state index >= 15 is 0 Å². The molecule has 1 N–H and O–H groups in total. The number of pyridine rings is 1. The van der Waals surface area contributed by atoms with Gasteiger partial charge in [0.1, 0.15) is 11.4 Å². The summed E-state index contributed by atoms with van der Waals surface area (Å²) in [6.45, 7) is -3.08. The third kappa shape index (κ3) is 4.38. The van der Waals surface area contributed by atoms with Crippen molar-refractivity contribution in [2.45, 2.75) is 12.8 Å². The van der Waals surface area contributed by atoms with E-state index in [1.54, 1.807) is 0 Å². The molecule has 0 aliphatic heterocycles. The number of carbonyl (C=O) groups excluding carboxylic acids is 1. The molecule has 2 rings (SSSR count). The van der Waals surface area contributed by atoms with Crippen LogP contribution in [-0.4, -0.2) is 17.5 Å². The Balaban J connectivity index is 2.16. The fraction of sp³-hybridized carbons (Fsp3) is 0.143. The van der Waals surface area contributed by atoms with Crippen LogP contribution in [0, 0.1) is 0 Å². The molecule has 0 saturated heterocycles. The van der Waals surface area contributed by atoms with E-state index in [0.717, 1.165) is 12.3 Å². The summed E-state index contributed by atoms with van der Waals surface area (Å²) < 4.78 is 65.9. The molecule has 2 aromatic rings. The second-order valence-electron chi connectivity index (χ2n) is 4.26. The van der Waals surface area contributed by atoms with Gasteiger partial charge in [0, 0.05) is 6.20 Å². The predicted molar refractivity (Wildman–Crippen MR) is 70.3 cm³/mol. The Labute approximate surface area is 126 Å². The van der Waals surface area contributed by atoms with Gasteiger partial charge in [0.05, 0.1) is 11.3 Å². The Morgan fingerprint density at radius 3 is 2.39 bits per heavy atom. The van der Waals surface area contributed by atoms with E-state index in [-0.39, 0.29) is 17.0 Å². The Hall–Kier alpha value is -2.71. The first-order chi connectivity index (χ1) is 10.8. The highest BCUT2D eigenvalue weighted by molar-refractivity contribution is 6.04. The van der Waals surface area contributed by atoms with Gasteiger partial charge in [-0.3, -0.25) is 9.78 Å². The standard InChI is InChI=1S/C14H9F5N2O2/c15-13(16)23-10-4-2-1-3-9(10)21-12(22)8-5-6-11(20-7-8)14(17,18)19/h1-7,13H,(H,21,22). The summed E-state index contributed by atoms with van der Waals surface area (Å²) >= 11 is 0. The topological polar surface area (TPSA) is 51.2 Å². The number of aromatic nitrogens is 1. The zero-order chi connectivity index (χ0) is 17.0. The van der Waals surface area contributed by atoms with Crippen LogP contribution in [0.3, 0.4) is 0 Å². The van der Waals surface area contributed by atoms with Gasteiger partial charge in [-0.1, -0.05) is 12.1 Å². The van der Waals surface area contributed by atoms with Crippen molar-refractivity contribution in [3.8, 4) is 5.75 Å². The Morgan fingerprint density at radius 2 is 1.83 bits per heavy atom. The van der Waals surface area contributed by atoms with Crippen molar-refractivity contribution in [3.63, 3.8) is 0 Å². The van der Waals surface area contributed by atoms with Gasteiger partial charge in [0.25, 0.3) is 5.91 Å². The second kappa shape index (κ2) is 6.59. The van der Waals surface area contributed by atoms with Crippen molar-refractivity contribution >= 4 is 11.6 Å². The van der Waals surface area contributed by atoms with Crippen molar-refractivity contribution in [3.05, 3.63) is 53.9 Å². The van der Waals surface area contributed by atoms with Gasteiger partial charge >= 0.3 is 12.8 Å². The summed E-state index contributed by atoms with van der Waals surface area (Å²) in [4.78, 5) is 15.1. The molecule has 0 fully saturated rings. The molecule has 0 atom stereocenters. The summed E-state index contributed by atoms with van der Waals surface area (Å²) in [5.41, 5.74) is -1.35. The van der Waals surface area contributed by atoms with Crippen LogP contribution >= 0.6 is 0 Å². The average molecular weight is 332 g/mol. The Morgan fingerprint density at radius 1 is 1.13 bits per heavy atom. The van der Waals surface area contributed by atoms with E-state index in [9.17, 15) is 26.7 Å². The largest absolute Gasteiger partial charge is 0.433 e. The highest BCUT2D eigenvalue weighted by Crippen LogP contribution is 2.28. The van der Waals surface area contributed by atoms with Gasteiger partial charge in [-0.25, -0.2) is 0 Å². The first-order valence-electron chi connectivity index (χ1n) is 6.16. The van der Waals surface area contributed by atoms with Gasteiger partial charge in [-0.15, -0.1) is 0 Å². The Kier molecular flexibility index (Phi) is 4.77. The van der Waals surface area contributed by atoms with E-state index in [2.05, 4.69) is 15.0 Å². The molecule has 9 heteroatoms. The number of benzene rings is 1. The molecule has 0 saturated carbocycles. The maximum atomic E-state index is 12.4. The number of hydrogen-bond donors (Lipinski definition) is 1. The molecular formula is C14H9F5N2O2. The lowest BCUT2D eigenvalue weighted by atomic mass is 10.2. The molecule has 23 heavy (non-hydrogen) atoms. The van der Waals surface area contributed by atoms with Crippen LogP contribution in [-0.2, 0) is 6.18 Å². The molecule has 0 bridgehead atoms. The molecule has 0 spiro atoms. The molecule has 0 radical (unpaired) electrons. The van der Waals surface area contributed by atoms with Crippen molar-refractivity contribution in [2.24, 2.45) is 0 Å². The minimum absolute atomic E-state index is 0.0438. The average Bonchev–Trinajstić information content (AvgIpc) is 2.48. The minimum atomic E-state index is -4.62. The van der Waals surface area contributed by atoms with Gasteiger partial charge in [0.2, 0.25) is 0 Å². The number of ether oxygens (including phenoxy) is 1. The maximum Gasteiger partial charge on any atom is 0.433 e. The molecule has 1 aromatic heterocycles.